The number of rotatable bonds is 7. The molecule has 108 valence electrons. The van der Waals surface area contributed by atoms with Crippen LogP contribution in [0.4, 0.5) is 0 Å². The molecule has 0 unspecified atom stereocenters. The van der Waals surface area contributed by atoms with Gasteiger partial charge < -0.3 is 9.73 Å². The van der Waals surface area contributed by atoms with Gasteiger partial charge in [0.1, 0.15) is 5.76 Å². The molecular formula is C16H28N2O. The van der Waals surface area contributed by atoms with Crippen molar-refractivity contribution in [2.24, 2.45) is 0 Å². The van der Waals surface area contributed by atoms with Crippen molar-refractivity contribution in [2.75, 3.05) is 6.54 Å². The van der Waals surface area contributed by atoms with E-state index in [9.17, 15) is 0 Å². The van der Waals surface area contributed by atoms with Crippen molar-refractivity contribution in [3.8, 4) is 0 Å². The van der Waals surface area contributed by atoms with Gasteiger partial charge in [0.2, 0.25) is 0 Å². The maximum atomic E-state index is 5.60. The monoisotopic (exact) mass is 264 g/mol. The van der Waals surface area contributed by atoms with Crippen molar-refractivity contribution in [3.63, 3.8) is 0 Å². The van der Waals surface area contributed by atoms with E-state index in [0.29, 0.717) is 6.04 Å². The Morgan fingerprint density at radius 3 is 2.63 bits per heavy atom. The first kappa shape index (κ1) is 16.0. The highest BCUT2D eigenvalue weighted by Gasteiger charge is 2.15. The molecule has 0 aliphatic heterocycles. The van der Waals surface area contributed by atoms with Gasteiger partial charge in [0, 0.05) is 30.2 Å². The zero-order chi connectivity index (χ0) is 14.5. The van der Waals surface area contributed by atoms with E-state index in [1.165, 1.54) is 5.56 Å². The molecular weight excluding hydrogens is 236 g/mol. The number of hydrogen-bond acceptors (Lipinski definition) is 3. The Labute approximate surface area is 117 Å². The number of nitrogens with zero attached hydrogens (tertiary/aromatic N) is 1. The molecule has 19 heavy (non-hydrogen) atoms. The number of nitrogens with one attached hydrogen (secondary N) is 1. The highest BCUT2D eigenvalue weighted by atomic mass is 16.3. The summed E-state index contributed by atoms with van der Waals surface area (Å²) in [7, 11) is 0. The highest BCUT2D eigenvalue weighted by molar-refractivity contribution is 5.17. The van der Waals surface area contributed by atoms with Crippen LogP contribution < -0.4 is 5.32 Å². The molecule has 1 rings (SSSR count). The predicted molar refractivity (Wildman–Crippen MR) is 81.0 cm³/mol. The molecule has 1 aromatic heterocycles. The summed E-state index contributed by atoms with van der Waals surface area (Å²) in [4.78, 5) is 2.37. The van der Waals surface area contributed by atoms with Crippen LogP contribution in [0.5, 0.6) is 0 Å². The Morgan fingerprint density at radius 2 is 2.11 bits per heavy atom. The molecule has 0 amide bonds. The minimum absolute atomic E-state index is 0.100. The van der Waals surface area contributed by atoms with Gasteiger partial charge in [-0.1, -0.05) is 6.08 Å². The van der Waals surface area contributed by atoms with Crippen molar-refractivity contribution in [1.29, 1.82) is 0 Å². The standard InChI is InChI=1S/C16H28N2O/c1-7-9-18(13(2)3)12-14-8-10-19-15(14)11-17-16(4,5)6/h7-8,10,13,17H,1,9,11-12H2,2-6H3. The van der Waals surface area contributed by atoms with Crippen molar-refractivity contribution in [1.82, 2.24) is 10.2 Å². The lowest BCUT2D eigenvalue weighted by Gasteiger charge is -2.25. The van der Waals surface area contributed by atoms with Crippen LogP contribution in [0.1, 0.15) is 45.9 Å². The second-order valence-electron chi connectivity index (χ2n) is 6.28. The minimum atomic E-state index is 0.100. The third kappa shape index (κ3) is 5.62. The summed E-state index contributed by atoms with van der Waals surface area (Å²) in [6.45, 7) is 17.3. The van der Waals surface area contributed by atoms with Crippen LogP contribution in [-0.2, 0) is 13.1 Å². The fourth-order valence-corrected chi connectivity index (χ4v) is 1.85. The van der Waals surface area contributed by atoms with Gasteiger partial charge >= 0.3 is 0 Å². The van der Waals surface area contributed by atoms with Crippen molar-refractivity contribution in [2.45, 2.75) is 59.3 Å². The van der Waals surface area contributed by atoms with Crippen molar-refractivity contribution in [3.05, 3.63) is 36.3 Å². The largest absolute Gasteiger partial charge is 0.468 e. The molecule has 0 radical (unpaired) electrons. The SMILES string of the molecule is C=CCN(Cc1ccoc1CNC(C)(C)C)C(C)C. The smallest absolute Gasteiger partial charge is 0.122 e. The van der Waals surface area contributed by atoms with Crippen molar-refractivity contribution >= 4 is 0 Å². The lowest BCUT2D eigenvalue weighted by atomic mass is 10.1. The van der Waals surface area contributed by atoms with Gasteiger partial charge in [-0.25, -0.2) is 0 Å². The molecule has 0 saturated heterocycles. The average molecular weight is 264 g/mol. The number of furan rings is 1. The van der Waals surface area contributed by atoms with Crippen LogP contribution >= 0.6 is 0 Å². The van der Waals surface area contributed by atoms with Crippen LogP contribution in [-0.4, -0.2) is 23.0 Å². The van der Waals surface area contributed by atoms with E-state index < -0.39 is 0 Å². The topological polar surface area (TPSA) is 28.4 Å². The quantitative estimate of drug-likeness (QED) is 0.763. The third-order valence-corrected chi connectivity index (χ3v) is 3.08. The summed E-state index contributed by atoms with van der Waals surface area (Å²) in [6, 6.07) is 2.56. The Morgan fingerprint density at radius 1 is 1.42 bits per heavy atom. The fraction of sp³-hybridized carbons (Fsp3) is 0.625. The van der Waals surface area contributed by atoms with E-state index in [1.807, 2.05) is 6.08 Å². The number of hydrogen-bond donors (Lipinski definition) is 1. The lowest BCUT2D eigenvalue weighted by Crippen LogP contribution is -2.35. The van der Waals surface area contributed by atoms with E-state index >= 15 is 0 Å². The molecule has 3 heteroatoms. The maximum Gasteiger partial charge on any atom is 0.122 e. The first-order valence-corrected chi connectivity index (χ1v) is 6.98. The second kappa shape index (κ2) is 6.92. The summed E-state index contributed by atoms with van der Waals surface area (Å²) >= 11 is 0. The van der Waals surface area contributed by atoms with Gasteiger partial charge in [0.25, 0.3) is 0 Å². The van der Waals surface area contributed by atoms with Crippen LogP contribution in [0.15, 0.2) is 29.4 Å². The summed E-state index contributed by atoms with van der Waals surface area (Å²) in [5.74, 6) is 1.03. The Hall–Kier alpha value is -1.06. The molecule has 0 bridgehead atoms. The van der Waals surface area contributed by atoms with Crippen molar-refractivity contribution < 1.29 is 4.42 Å². The molecule has 0 spiro atoms. The molecule has 1 heterocycles. The Kier molecular flexibility index (Phi) is 5.83. The van der Waals surface area contributed by atoms with Gasteiger partial charge in [0.15, 0.2) is 0 Å². The van der Waals surface area contributed by atoms with Gasteiger partial charge in [0.05, 0.1) is 12.8 Å². The Balaban J connectivity index is 2.68. The molecule has 0 atom stereocenters. The minimum Gasteiger partial charge on any atom is -0.468 e. The normalized spacial score (nSPS) is 12.4. The molecule has 0 aliphatic carbocycles. The fourth-order valence-electron chi connectivity index (χ4n) is 1.85. The first-order chi connectivity index (χ1) is 8.83. The zero-order valence-electron chi connectivity index (χ0n) is 13.0. The summed E-state index contributed by atoms with van der Waals surface area (Å²) in [5.41, 5.74) is 1.36. The third-order valence-electron chi connectivity index (χ3n) is 3.08. The van der Waals surface area contributed by atoms with E-state index in [4.69, 9.17) is 4.42 Å². The lowest BCUT2D eigenvalue weighted by molar-refractivity contribution is 0.235. The summed E-state index contributed by atoms with van der Waals surface area (Å²) < 4.78 is 5.60. The average Bonchev–Trinajstić information content (AvgIpc) is 2.72. The molecule has 1 N–H and O–H groups in total. The molecule has 0 fully saturated rings. The molecule has 0 aliphatic rings. The molecule has 0 saturated carbocycles. The van der Waals surface area contributed by atoms with E-state index in [1.54, 1.807) is 6.26 Å². The second-order valence-corrected chi connectivity index (χ2v) is 6.28. The summed E-state index contributed by atoms with van der Waals surface area (Å²) in [5, 5.41) is 3.47. The van der Waals surface area contributed by atoms with E-state index in [-0.39, 0.29) is 5.54 Å². The van der Waals surface area contributed by atoms with Crippen LogP contribution in [0.2, 0.25) is 0 Å². The van der Waals surface area contributed by atoms with Gasteiger partial charge in [-0.3, -0.25) is 4.90 Å². The van der Waals surface area contributed by atoms with E-state index in [0.717, 1.165) is 25.4 Å². The predicted octanol–water partition coefficient (Wildman–Crippen LogP) is 3.56. The van der Waals surface area contributed by atoms with E-state index in [2.05, 4.69) is 57.5 Å². The summed E-state index contributed by atoms with van der Waals surface area (Å²) in [6.07, 6.45) is 3.73. The molecule has 3 nitrogen and oxygen atoms in total. The van der Waals surface area contributed by atoms with Crippen LogP contribution in [0.3, 0.4) is 0 Å². The molecule has 1 aromatic rings. The van der Waals surface area contributed by atoms with Gasteiger partial charge in [-0.2, -0.15) is 0 Å². The molecule has 0 aromatic carbocycles. The van der Waals surface area contributed by atoms with Crippen LogP contribution in [0.25, 0.3) is 0 Å². The highest BCUT2D eigenvalue weighted by Crippen LogP contribution is 2.16. The maximum absolute atomic E-state index is 5.60. The van der Waals surface area contributed by atoms with Crippen LogP contribution in [0, 0.1) is 0 Å². The Bertz CT molecular complexity index is 388. The van der Waals surface area contributed by atoms with Gasteiger partial charge in [-0.05, 0) is 40.7 Å². The zero-order valence-corrected chi connectivity index (χ0v) is 13.0. The van der Waals surface area contributed by atoms with Gasteiger partial charge in [-0.15, -0.1) is 6.58 Å². The first-order valence-electron chi connectivity index (χ1n) is 6.98.